The van der Waals surface area contributed by atoms with Crippen molar-refractivity contribution in [2.45, 2.75) is 45.4 Å². The van der Waals surface area contributed by atoms with E-state index in [1.54, 1.807) is 6.20 Å². The van der Waals surface area contributed by atoms with E-state index < -0.39 is 0 Å². The molecule has 29 heavy (non-hydrogen) atoms. The summed E-state index contributed by atoms with van der Waals surface area (Å²) >= 11 is 1.81. The Balaban J connectivity index is 1.43. The average molecular weight is 419 g/mol. The van der Waals surface area contributed by atoms with Crippen LogP contribution in [0.2, 0.25) is 0 Å². The quantitative estimate of drug-likeness (QED) is 0.657. The lowest BCUT2D eigenvalue weighted by molar-refractivity contribution is -0.132. The minimum absolute atomic E-state index is 0.0705. The molecule has 1 aromatic rings. The summed E-state index contributed by atoms with van der Waals surface area (Å²) in [5, 5.41) is 2.93. The minimum atomic E-state index is -0.0705. The molecule has 2 heterocycles. The number of hydrogen-bond acceptors (Lipinski definition) is 5. The van der Waals surface area contributed by atoms with E-state index in [0.717, 1.165) is 49.9 Å². The van der Waals surface area contributed by atoms with Crippen LogP contribution in [0.25, 0.3) is 0 Å². The molecule has 1 N–H and O–H groups in total. The number of rotatable bonds is 8. The summed E-state index contributed by atoms with van der Waals surface area (Å²) in [6.45, 7) is 5.89. The third-order valence-electron chi connectivity index (χ3n) is 5.89. The van der Waals surface area contributed by atoms with Crippen LogP contribution in [0, 0.1) is 5.92 Å². The maximum atomic E-state index is 12.6. The highest BCUT2D eigenvalue weighted by Crippen LogP contribution is 2.27. The average Bonchev–Trinajstić information content (AvgIpc) is 2.77. The number of pyridine rings is 1. The lowest BCUT2D eigenvalue weighted by Crippen LogP contribution is -2.49. The molecule has 0 radical (unpaired) electrons. The Kier molecular flexibility index (Phi) is 8.65. The van der Waals surface area contributed by atoms with E-state index in [2.05, 4.69) is 22.1 Å². The van der Waals surface area contributed by atoms with Crippen molar-refractivity contribution in [3.8, 4) is 0 Å². The molecule has 0 aromatic carbocycles. The fourth-order valence-electron chi connectivity index (χ4n) is 4.14. The Bertz CT molecular complexity index is 653. The van der Waals surface area contributed by atoms with Crippen LogP contribution in [0.5, 0.6) is 0 Å². The zero-order valence-corrected chi connectivity index (χ0v) is 18.4. The first kappa shape index (κ1) is 21.9. The monoisotopic (exact) mass is 418 g/mol. The number of carbonyl (C=O) groups is 2. The molecule has 2 amide bonds. The summed E-state index contributed by atoms with van der Waals surface area (Å²) in [6.07, 6.45) is 8.69. The van der Waals surface area contributed by atoms with Crippen LogP contribution in [-0.4, -0.2) is 65.9 Å². The number of carbonyl (C=O) groups excluding carboxylic acids is 2. The topological polar surface area (TPSA) is 65.5 Å². The van der Waals surface area contributed by atoms with Crippen LogP contribution in [0.4, 0.5) is 5.82 Å². The normalized spacial score (nSPS) is 18.0. The first-order valence-corrected chi connectivity index (χ1v) is 12.2. The molecule has 1 aliphatic heterocycles. The largest absolute Gasteiger partial charge is 0.353 e. The first-order valence-electron chi connectivity index (χ1n) is 11.0. The molecular formula is C22H34N4O2S. The first-order chi connectivity index (χ1) is 14.2. The molecule has 2 aliphatic rings. The predicted octanol–water partition coefficient (Wildman–Crippen LogP) is 3.18. The number of thioether (sulfide) groups is 1. The molecule has 1 aliphatic carbocycles. The van der Waals surface area contributed by atoms with Crippen molar-refractivity contribution in [1.82, 2.24) is 15.2 Å². The Labute approximate surface area is 178 Å². The number of anilines is 1. The van der Waals surface area contributed by atoms with Crippen molar-refractivity contribution in [1.29, 1.82) is 0 Å². The van der Waals surface area contributed by atoms with Crippen molar-refractivity contribution in [3.05, 3.63) is 23.9 Å². The predicted molar refractivity (Wildman–Crippen MR) is 120 cm³/mol. The van der Waals surface area contributed by atoms with Crippen LogP contribution in [0.1, 0.15) is 55.8 Å². The van der Waals surface area contributed by atoms with E-state index in [9.17, 15) is 9.59 Å². The molecule has 6 nitrogen and oxygen atoms in total. The summed E-state index contributed by atoms with van der Waals surface area (Å²) < 4.78 is 0. The van der Waals surface area contributed by atoms with Crippen LogP contribution >= 0.6 is 11.8 Å². The van der Waals surface area contributed by atoms with Gasteiger partial charge >= 0.3 is 0 Å². The molecule has 0 bridgehead atoms. The molecule has 0 atom stereocenters. The summed E-state index contributed by atoms with van der Waals surface area (Å²) in [6, 6.07) is 3.75. The molecule has 2 fully saturated rings. The number of piperazine rings is 1. The van der Waals surface area contributed by atoms with Gasteiger partial charge in [0, 0.05) is 51.1 Å². The maximum absolute atomic E-state index is 12.6. The van der Waals surface area contributed by atoms with E-state index in [-0.39, 0.29) is 5.91 Å². The van der Waals surface area contributed by atoms with Gasteiger partial charge in [0.05, 0.1) is 5.56 Å². The number of aromatic nitrogens is 1. The Morgan fingerprint density at radius 2 is 1.90 bits per heavy atom. The zero-order chi connectivity index (χ0) is 20.5. The van der Waals surface area contributed by atoms with Gasteiger partial charge in [-0.05, 0) is 36.6 Å². The second-order valence-electron chi connectivity index (χ2n) is 7.93. The van der Waals surface area contributed by atoms with Crippen molar-refractivity contribution in [3.63, 3.8) is 0 Å². The third-order valence-corrected chi connectivity index (χ3v) is 6.79. The van der Waals surface area contributed by atoms with E-state index in [0.29, 0.717) is 23.9 Å². The highest BCUT2D eigenvalue weighted by molar-refractivity contribution is 7.99. The fourth-order valence-corrected chi connectivity index (χ4v) is 4.68. The maximum Gasteiger partial charge on any atom is 0.252 e. The van der Waals surface area contributed by atoms with Crippen LogP contribution in [-0.2, 0) is 4.79 Å². The number of nitrogens with zero attached hydrogens (tertiary/aromatic N) is 3. The fraction of sp³-hybridized carbons (Fsp3) is 0.682. The van der Waals surface area contributed by atoms with Crippen LogP contribution < -0.4 is 10.2 Å². The molecule has 1 aromatic heterocycles. The van der Waals surface area contributed by atoms with Gasteiger partial charge in [-0.2, -0.15) is 11.8 Å². The Morgan fingerprint density at radius 3 is 2.55 bits per heavy atom. The molecule has 160 valence electrons. The van der Waals surface area contributed by atoms with Crippen molar-refractivity contribution >= 4 is 29.4 Å². The van der Waals surface area contributed by atoms with Crippen molar-refractivity contribution < 1.29 is 9.59 Å². The van der Waals surface area contributed by atoms with Gasteiger partial charge in [-0.15, -0.1) is 0 Å². The second kappa shape index (κ2) is 11.4. The van der Waals surface area contributed by atoms with Gasteiger partial charge in [-0.1, -0.05) is 26.2 Å². The Hall–Kier alpha value is -1.76. The number of amides is 2. The van der Waals surface area contributed by atoms with Gasteiger partial charge in [-0.25, -0.2) is 4.98 Å². The van der Waals surface area contributed by atoms with Crippen molar-refractivity contribution in [2.75, 3.05) is 49.1 Å². The van der Waals surface area contributed by atoms with Gasteiger partial charge in [0.25, 0.3) is 5.91 Å². The standard InChI is InChI=1S/C22H34N4O2S/c1-2-29-15-10-23-22(28)19-8-9-20(24-17-19)25-11-13-26(14-12-25)21(27)16-18-6-4-3-5-7-18/h8-9,17-18H,2-7,10-16H2,1H3,(H,23,28). The molecule has 7 heteroatoms. The van der Waals surface area contributed by atoms with Gasteiger partial charge in [0.2, 0.25) is 5.91 Å². The summed E-state index contributed by atoms with van der Waals surface area (Å²) in [5.41, 5.74) is 0.594. The minimum Gasteiger partial charge on any atom is -0.353 e. The molecule has 0 unspecified atom stereocenters. The lowest BCUT2D eigenvalue weighted by Gasteiger charge is -2.36. The molecule has 0 spiro atoms. The SMILES string of the molecule is CCSCCNC(=O)c1ccc(N2CCN(C(=O)CC3CCCCC3)CC2)nc1. The number of nitrogens with one attached hydrogen (secondary N) is 1. The second-order valence-corrected chi connectivity index (χ2v) is 9.33. The van der Waals surface area contributed by atoms with E-state index in [1.165, 1.54) is 32.1 Å². The third kappa shape index (κ3) is 6.63. The Morgan fingerprint density at radius 1 is 1.14 bits per heavy atom. The molecule has 1 saturated heterocycles. The molecule has 1 saturated carbocycles. The van der Waals surface area contributed by atoms with Gasteiger partial charge in [0.1, 0.15) is 5.82 Å². The van der Waals surface area contributed by atoms with Crippen molar-refractivity contribution in [2.24, 2.45) is 5.92 Å². The smallest absolute Gasteiger partial charge is 0.252 e. The zero-order valence-electron chi connectivity index (χ0n) is 17.6. The molecular weight excluding hydrogens is 384 g/mol. The highest BCUT2D eigenvalue weighted by atomic mass is 32.2. The summed E-state index contributed by atoms with van der Waals surface area (Å²) in [7, 11) is 0. The van der Waals surface area contributed by atoms with Crippen LogP contribution in [0.3, 0.4) is 0 Å². The lowest BCUT2D eigenvalue weighted by atomic mass is 9.86. The van der Waals surface area contributed by atoms with E-state index in [4.69, 9.17) is 0 Å². The highest BCUT2D eigenvalue weighted by Gasteiger charge is 2.25. The van der Waals surface area contributed by atoms with E-state index >= 15 is 0 Å². The van der Waals surface area contributed by atoms with E-state index in [1.807, 2.05) is 28.8 Å². The summed E-state index contributed by atoms with van der Waals surface area (Å²) in [4.78, 5) is 33.5. The van der Waals surface area contributed by atoms with Gasteiger partial charge in [0.15, 0.2) is 0 Å². The molecule has 3 rings (SSSR count). The van der Waals surface area contributed by atoms with Crippen LogP contribution in [0.15, 0.2) is 18.3 Å². The van der Waals surface area contributed by atoms with Gasteiger partial charge < -0.3 is 15.1 Å². The number of hydrogen-bond donors (Lipinski definition) is 1. The summed E-state index contributed by atoms with van der Waals surface area (Å²) in [5.74, 6) is 3.71. The van der Waals surface area contributed by atoms with Gasteiger partial charge in [-0.3, -0.25) is 9.59 Å².